The van der Waals surface area contributed by atoms with Crippen molar-refractivity contribution in [3.05, 3.63) is 46.2 Å². The Morgan fingerprint density at radius 2 is 2.00 bits per heavy atom. The summed E-state index contributed by atoms with van der Waals surface area (Å²) in [6, 6.07) is 7.83. The SMILES string of the molecule is CN(N)c1cccc(C(F)(F)F)c1SCc1cccs1. The van der Waals surface area contributed by atoms with Crippen LogP contribution < -0.4 is 10.9 Å². The maximum atomic E-state index is 13.1. The van der Waals surface area contributed by atoms with Crippen molar-refractivity contribution in [2.24, 2.45) is 5.84 Å². The van der Waals surface area contributed by atoms with Gasteiger partial charge in [0, 0.05) is 22.6 Å². The molecule has 7 heteroatoms. The summed E-state index contributed by atoms with van der Waals surface area (Å²) in [5.74, 6) is 6.12. The number of anilines is 1. The van der Waals surface area contributed by atoms with Gasteiger partial charge in [0.1, 0.15) is 0 Å². The molecule has 0 radical (unpaired) electrons. The van der Waals surface area contributed by atoms with E-state index >= 15 is 0 Å². The smallest absolute Gasteiger partial charge is 0.313 e. The highest BCUT2D eigenvalue weighted by molar-refractivity contribution is 7.98. The zero-order valence-corrected chi connectivity index (χ0v) is 12.3. The molecule has 0 bridgehead atoms. The summed E-state index contributed by atoms with van der Waals surface area (Å²) in [6.45, 7) is 0. The van der Waals surface area contributed by atoms with Crippen LogP contribution in [0, 0.1) is 0 Å². The lowest BCUT2D eigenvalue weighted by Crippen LogP contribution is -2.26. The monoisotopic (exact) mass is 318 g/mol. The van der Waals surface area contributed by atoms with E-state index in [0.29, 0.717) is 11.4 Å². The number of benzene rings is 1. The Balaban J connectivity index is 2.36. The van der Waals surface area contributed by atoms with E-state index in [-0.39, 0.29) is 4.90 Å². The number of alkyl halides is 3. The molecule has 2 nitrogen and oxygen atoms in total. The first kappa shape index (κ1) is 15.2. The summed E-state index contributed by atoms with van der Waals surface area (Å²) in [5, 5.41) is 3.12. The van der Waals surface area contributed by atoms with Gasteiger partial charge in [-0.05, 0) is 23.6 Å². The van der Waals surface area contributed by atoms with Crippen molar-refractivity contribution in [3.8, 4) is 0 Å². The maximum Gasteiger partial charge on any atom is 0.417 e. The van der Waals surface area contributed by atoms with Crippen LogP contribution in [0.15, 0.2) is 40.6 Å². The van der Waals surface area contributed by atoms with Crippen molar-refractivity contribution < 1.29 is 13.2 Å². The van der Waals surface area contributed by atoms with Crippen molar-refractivity contribution in [3.63, 3.8) is 0 Å². The third kappa shape index (κ3) is 3.47. The van der Waals surface area contributed by atoms with Crippen LogP contribution in [0.4, 0.5) is 18.9 Å². The van der Waals surface area contributed by atoms with Gasteiger partial charge in [-0.15, -0.1) is 23.1 Å². The molecule has 2 aromatic rings. The average molecular weight is 318 g/mol. The molecule has 0 atom stereocenters. The van der Waals surface area contributed by atoms with Crippen LogP contribution in [0.5, 0.6) is 0 Å². The Bertz CT molecular complexity index is 565. The molecule has 2 rings (SSSR count). The lowest BCUT2D eigenvalue weighted by atomic mass is 10.2. The molecule has 0 aliphatic rings. The minimum Gasteiger partial charge on any atom is -0.313 e. The summed E-state index contributed by atoms with van der Waals surface area (Å²) >= 11 is 2.68. The normalized spacial score (nSPS) is 11.7. The minimum atomic E-state index is -4.39. The second-order valence-corrected chi connectivity index (χ2v) is 6.15. The fourth-order valence-electron chi connectivity index (χ4n) is 1.72. The van der Waals surface area contributed by atoms with Crippen LogP contribution in [0.1, 0.15) is 10.4 Å². The molecule has 2 N–H and O–H groups in total. The molecule has 108 valence electrons. The first-order chi connectivity index (χ1) is 9.39. The van der Waals surface area contributed by atoms with Crippen molar-refractivity contribution in [2.75, 3.05) is 12.1 Å². The molecule has 1 heterocycles. The van der Waals surface area contributed by atoms with Crippen molar-refractivity contribution >= 4 is 28.8 Å². The molecule has 0 saturated heterocycles. The molecule has 0 spiro atoms. The standard InChI is InChI=1S/C13H13F3N2S2/c1-18(17)11-6-2-5-10(13(14,15)16)12(11)20-8-9-4-3-7-19-9/h2-7H,8,17H2,1H3. The van der Waals surface area contributed by atoms with Gasteiger partial charge < -0.3 is 5.01 Å². The number of halogens is 3. The van der Waals surface area contributed by atoms with E-state index in [4.69, 9.17) is 5.84 Å². The Labute approximate surface area is 123 Å². The third-order valence-corrected chi connectivity index (χ3v) is 4.85. The Morgan fingerprint density at radius 3 is 2.55 bits per heavy atom. The molecular formula is C13H13F3N2S2. The van der Waals surface area contributed by atoms with Gasteiger partial charge in [0.15, 0.2) is 0 Å². The van der Waals surface area contributed by atoms with Crippen LogP contribution in [-0.2, 0) is 11.9 Å². The van der Waals surface area contributed by atoms with Crippen LogP contribution in [-0.4, -0.2) is 7.05 Å². The van der Waals surface area contributed by atoms with Gasteiger partial charge in [-0.3, -0.25) is 0 Å². The van der Waals surface area contributed by atoms with E-state index < -0.39 is 11.7 Å². The number of hydrazine groups is 1. The van der Waals surface area contributed by atoms with Gasteiger partial charge in [-0.2, -0.15) is 13.2 Å². The molecule has 0 aliphatic carbocycles. The molecule has 0 saturated carbocycles. The molecule has 0 unspecified atom stereocenters. The highest BCUT2D eigenvalue weighted by atomic mass is 32.2. The number of rotatable bonds is 4. The average Bonchev–Trinajstić information content (AvgIpc) is 2.87. The zero-order valence-electron chi connectivity index (χ0n) is 10.6. The van der Waals surface area contributed by atoms with Gasteiger partial charge in [0.05, 0.1) is 11.3 Å². The highest BCUT2D eigenvalue weighted by Crippen LogP contribution is 2.42. The first-order valence-corrected chi connectivity index (χ1v) is 7.60. The van der Waals surface area contributed by atoms with Crippen LogP contribution in [0.2, 0.25) is 0 Å². The summed E-state index contributed by atoms with van der Waals surface area (Å²) < 4.78 is 39.3. The van der Waals surface area contributed by atoms with Crippen molar-refractivity contribution in [1.82, 2.24) is 0 Å². The zero-order chi connectivity index (χ0) is 14.8. The molecule has 20 heavy (non-hydrogen) atoms. The van der Waals surface area contributed by atoms with Gasteiger partial charge in [-0.25, -0.2) is 5.84 Å². The van der Waals surface area contributed by atoms with E-state index in [1.54, 1.807) is 6.07 Å². The molecule has 1 aromatic heterocycles. The molecular weight excluding hydrogens is 305 g/mol. The Hall–Kier alpha value is -1.18. The van der Waals surface area contributed by atoms with Crippen LogP contribution in [0.25, 0.3) is 0 Å². The summed E-state index contributed by atoms with van der Waals surface area (Å²) in [7, 11) is 1.53. The van der Waals surface area contributed by atoms with Gasteiger partial charge in [0.25, 0.3) is 0 Å². The molecule has 0 fully saturated rings. The second-order valence-electron chi connectivity index (χ2n) is 4.13. The summed E-state index contributed by atoms with van der Waals surface area (Å²) in [6.07, 6.45) is -4.39. The highest BCUT2D eigenvalue weighted by Gasteiger charge is 2.34. The largest absolute Gasteiger partial charge is 0.417 e. The quantitative estimate of drug-likeness (QED) is 0.516. The predicted molar refractivity (Wildman–Crippen MR) is 77.9 cm³/mol. The number of nitrogens with two attached hydrogens (primary N) is 1. The number of hydrogen-bond donors (Lipinski definition) is 1. The minimum absolute atomic E-state index is 0.165. The number of thioether (sulfide) groups is 1. The fraction of sp³-hybridized carbons (Fsp3) is 0.231. The van der Waals surface area contributed by atoms with E-state index in [2.05, 4.69) is 0 Å². The van der Waals surface area contributed by atoms with E-state index in [1.165, 1.54) is 29.5 Å². The molecule has 0 amide bonds. The van der Waals surface area contributed by atoms with Crippen molar-refractivity contribution in [1.29, 1.82) is 0 Å². The van der Waals surface area contributed by atoms with Gasteiger partial charge in [-0.1, -0.05) is 12.1 Å². The topological polar surface area (TPSA) is 29.3 Å². The van der Waals surface area contributed by atoms with E-state index in [9.17, 15) is 13.2 Å². The first-order valence-electron chi connectivity index (χ1n) is 5.73. The fourth-order valence-corrected chi connectivity index (χ4v) is 3.74. The predicted octanol–water partition coefficient (Wildman–Crippen LogP) is 4.37. The van der Waals surface area contributed by atoms with E-state index in [0.717, 1.165) is 22.7 Å². The van der Waals surface area contributed by atoms with Crippen LogP contribution >= 0.6 is 23.1 Å². The second kappa shape index (κ2) is 6.07. The van der Waals surface area contributed by atoms with Gasteiger partial charge >= 0.3 is 6.18 Å². The summed E-state index contributed by atoms with van der Waals surface area (Å²) in [4.78, 5) is 1.19. The Kier molecular flexibility index (Phi) is 4.62. The van der Waals surface area contributed by atoms with Gasteiger partial charge in [0.2, 0.25) is 0 Å². The Morgan fingerprint density at radius 1 is 1.25 bits per heavy atom. The van der Waals surface area contributed by atoms with E-state index in [1.807, 2.05) is 17.5 Å². The van der Waals surface area contributed by atoms with Crippen LogP contribution in [0.3, 0.4) is 0 Å². The summed E-state index contributed by atoms with van der Waals surface area (Å²) in [5.41, 5.74) is -0.268. The molecule has 0 aliphatic heterocycles. The third-order valence-electron chi connectivity index (χ3n) is 2.62. The molecule has 1 aromatic carbocycles. The maximum absolute atomic E-state index is 13.1. The number of nitrogens with zero attached hydrogens (tertiary/aromatic N) is 1. The lowest BCUT2D eigenvalue weighted by molar-refractivity contribution is -0.139. The number of hydrogen-bond acceptors (Lipinski definition) is 4. The lowest BCUT2D eigenvalue weighted by Gasteiger charge is -2.20. The van der Waals surface area contributed by atoms with Crippen molar-refractivity contribution in [2.45, 2.75) is 16.8 Å². The number of thiophene rings is 1.